The predicted octanol–water partition coefficient (Wildman–Crippen LogP) is 4.08. The molecule has 0 radical (unpaired) electrons. The summed E-state index contributed by atoms with van der Waals surface area (Å²) in [5, 5.41) is 3.64. The van der Waals surface area contributed by atoms with Crippen molar-refractivity contribution in [3.8, 4) is 0 Å². The molecular formula is C17H29NOS. The minimum absolute atomic E-state index is 0.180. The lowest BCUT2D eigenvalue weighted by molar-refractivity contribution is 0.508. The third-order valence-corrected chi connectivity index (χ3v) is 5.23. The van der Waals surface area contributed by atoms with Crippen LogP contribution in [0.1, 0.15) is 58.9 Å². The summed E-state index contributed by atoms with van der Waals surface area (Å²) in [6.07, 6.45) is 2.08. The number of nitrogens with one attached hydrogen (secondary N) is 1. The Hall–Kier alpha value is -0.670. The molecule has 114 valence electrons. The lowest BCUT2D eigenvalue weighted by Gasteiger charge is -2.18. The Morgan fingerprint density at radius 1 is 1.10 bits per heavy atom. The zero-order valence-electron chi connectivity index (χ0n) is 13.5. The molecular weight excluding hydrogens is 266 g/mol. The molecule has 0 aliphatic rings. The van der Waals surface area contributed by atoms with E-state index in [0.717, 1.165) is 24.3 Å². The van der Waals surface area contributed by atoms with Crippen LogP contribution in [0, 0.1) is 0 Å². The standard InChI is InChI=1S/C17H29NOS/c1-6-11-18-14(4)12-15(5)20(19)17-9-7-16(8-10-17)13(2)3/h7-10,13-15,18H,6,11-12H2,1-5H3. The van der Waals surface area contributed by atoms with E-state index in [0.29, 0.717) is 12.0 Å². The van der Waals surface area contributed by atoms with Crippen LogP contribution in [-0.4, -0.2) is 22.0 Å². The highest BCUT2D eigenvalue weighted by Crippen LogP contribution is 2.19. The molecule has 1 N–H and O–H groups in total. The monoisotopic (exact) mass is 295 g/mol. The van der Waals surface area contributed by atoms with Gasteiger partial charge in [-0.05, 0) is 49.9 Å². The first-order valence-corrected chi connectivity index (χ1v) is 8.90. The molecule has 0 saturated carbocycles. The van der Waals surface area contributed by atoms with Crippen molar-refractivity contribution in [2.75, 3.05) is 6.54 Å². The first-order chi connectivity index (χ1) is 9.45. The van der Waals surface area contributed by atoms with E-state index in [1.54, 1.807) is 0 Å². The summed E-state index contributed by atoms with van der Waals surface area (Å²) < 4.78 is 12.5. The quantitative estimate of drug-likeness (QED) is 0.783. The zero-order valence-corrected chi connectivity index (χ0v) is 14.3. The number of hydrogen-bond donors (Lipinski definition) is 1. The van der Waals surface area contributed by atoms with E-state index >= 15 is 0 Å². The van der Waals surface area contributed by atoms with E-state index in [2.05, 4.69) is 52.1 Å². The normalized spacial score (nSPS) is 16.1. The highest BCUT2D eigenvalue weighted by Gasteiger charge is 2.16. The van der Waals surface area contributed by atoms with Crippen molar-refractivity contribution >= 4 is 10.8 Å². The van der Waals surface area contributed by atoms with Crippen molar-refractivity contribution in [3.63, 3.8) is 0 Å². The van der Waals surface area contributed by atoms with Crippen LogP contribution in [0.2, 0.25) is 0 Å². The number of rotatable bonds is 8. The molecule has 3 atom stereocenters. The van der Waals surface area contributed by atoms with Crippen LogP contribution in [0.3, 0.4) is 0 Å². The number of hydrogen-bond acceptors (Lipinski definition) is 2. The van der Waals surface area contributed by atoms with E-state index in [9.17, 15) is 4.21 Å². The SMILES string of the molecule is CCCNC(C)CC(C)S(=O)c1ccc(C(C)C)cc1. The van der Waals surface area contributed by atoms with Gasteiger partial charge in [-0.15, -0.1) is 0 Å². The molecule has 0 amide bonds. The topological polar surface area (TPSA) is 29.1 Å². The minimum atomic E-state index is -0.916. The average molecular weight is 295 g/mol. The second kappa shape index (κ2) is 8.58. The van der Waals surface area contributed by atoms with Gasteiger partial charge in [0, 0.05) is 16.2 Å². The Bertz CT molecular complexity index is 414. The van der Waals surface area contributed by atoms with Gasteiger partial charge >= 0.3 is 0 Å². The van der Waals surface area contributed by atoms with Crippen molar-refractivity contribution in [2.24, 2.45) is 0 Å². The molecule has 0 aliphatic heterocycles. The third-order valence-electron chi connectivity index (χ3n) is 3.57. The molecule has 0 bridgehead atoms. The Morgan fingerprint density at radius 3 is 2.20 bits per heavy atom. The van der Waals surface area contributed by atoms with Crippen LogP contribution in [0.25, 0.3) is 0 Å². The van der Waals surface area contributed by atoms with Crippen LogP contribution in [0.15, 0.2) is 29.2 Å². The first-order valence-electron chi connectivity index (χ1n) is 7.69. The molecule has 1 aromatic rings. The predicted molar refractivity (Wildman–Crippen MR) is 88.8 cm³/mol. The van der Waals surface area contributed by atoms with E-state index in [1.165, 1.54) is 5.56 Å². The molecule has 0 heterocycles. The lowest BCUT2D eigenvalue weighted by atomic mass is 10.0. The second-order valence-electron chi connectivity index (χ2n) is 5.92. The molecule has 0 spiro atoms. The van der Waals surface area contributed by atoms with Crippen LogP contribution >= 0.6 is 0 Å². The maximum Gasteiger partial charge on any atom is 0.0558 e. The van der Waals surface area contributed by atoms with E-state index < -0.39 is 10.8 Å². The molecule has 2 nitrogen and oxygen atoms in total. The van der Waals surface area contributed by atoms with E-state index in [-0.39, 0.29) is 5.25 Å². The highest BCUT2D eigenvalue weighted by atomic mass is 32.2. The van der Waals surface area contributed by atoms with Crippen molar-refractivity contribution in [2.45, 2.75) is 69.6 Å². The Morgan fingerprint density at radius 2 is 1.70 bits per heavy atom. The summed E-state index contributed by atoms with van der Waals surface area (Å²) in [6.45, 7) is 11.8. The lowest BCUT2D eigenvalue weighted by Crippen LogP contribution is -2.31. The summed E-state index contributed by atoms with van der Waals surface area (Å²) in [6, 6.07) is 8.66. The third kappa shape index (κ3) is 5.37. The summed E-state index contributed by atoms with van der Waals surface area (Å²) in [4.78, 5) is 0.949. The van der Waals surface area contributed by atoms with Crippen LogP contribution in [-0.2, 0) is 10.8 Å². The molecule has 3 unspecified atom stereocenters. The molecule has 0 saturated heterocycles. The molecule has 1 aromatic carbocycles. The molecule has 3 heteroatoms. The van der Waals surface area contributed by atoms with Crippen molar-refractivity contribution in [1.29, 1.82) is 0 Å². The average Bonchev–Trinajstić information content (AvgIpc) is 2.44. The summed E-state index contributed by atoms with van der Waals surface area (Å²) in [5.74, 6) is 0.521. The molecule has 20 heavy (non-hydrogen) atoms. The molecule has 0 aromatic heterocycles. The first kappa shape index (κ1) is 17.4. The van der Waals surface area contributed by atoms with E-state index in [1.807, 2.05) is 12.1 Å². The van der Waals surface area contributed by atoms with E-state index in [4.69, 9.17) is 0 Å². The zero-order chi connectivity index (χ0) is 15.1. The Labute approximate surface area is 126 Å². The maximum absolute atomic E-state index is 12.5. The molecule has 0 aliphatic carbocycles. The van der Waals surface area contributed by atoms with Gasteiger partial charge in [-0.3, -0.25) is 4.21 Å². The molecule has 0 fully saturated rings. The van der Waals surface area contributed by atoms with Crippen LogP contribution in [0.5, 0.6) is 0 Å². The van der Waals surface area contributed by atoms with Gasteiger partial charge in [0.1, 0.15) is 0 Å². The van der Waals surface area contributed by atoms with Gasteiger partial charge in [0.05, 0.1) is 10.8 Å². The fraction of sp³-hybridized carbons (Fsp3) is 0.647. The van der Waals surface area contributed by atoms with Crippen molar-refractivity contribution in [3.05, 3.63) is 29.8 Å². The van der Waals surface area contributed by atoms with Gasteiger partial charge in [-0.2, -0.15) is 0 Å². The fourth-order valence-electron chi connectivity index (χ4n) is 2.28. The van der Waals surface area contributed by atoms with Crippen molar-refractivity contribution < 1.29 is 4.21 Å². The Balaban J connectivity index is 2.60. The molecule has 1 rings (SSSR count). The summed E-state index contributed by atoms with van der Waals surface area (Å²) in [5.41, 5.74) is 1.30. The number of benzene rings is 1. The van der Waals surface area contributed by atoms with Gasteiger partial charge in [-0.25, -0.2) is 0 Å². The van der Waals surface area contributed by atoms with Gasteiger partial charge in [0.2, 0.25) is 0 Å². The van der Waals surface area contributed by atoms with Gasteiger partial charge < -0.3 is 5.32 Å². The fourth-order valence-corrected chi connectivity index (χ4v) is 3.61. The maximum atomic E-state index is 12.5. The van der Waals surface area contributed by atoms with Crippen molar-refractivity contribution in [1.82, 2.24) is 5.32 Å². The summed E-state index contributed by atoms with van der Waals surface area (Å²) in [7, 11) is -0.916. The van der Waals surface area contributed by atoms with Crippen LogP contribution < -0.4 is 5.32 Å². The smallest absolute Gasteiger partial charge is 0.0558 e. The Kier molecular flexibility index (Phi) is 7.46. The highest BCUT2D eigenvalue weighted by molar-refractivity contribution is 7.85. The summed E-state index contributed by atoms with van der Waals surface area (Å²) >= 11 is 0. The minimum Gasteiger partial charge on any atom is -0.314 e. The largest absolute Gasteiger partial charge is 0.314 e. The second-order valence-corrected chi connectivity index (χ2v) is 7.79. The van der Waals surface area contributed by atoms with Gasteiger partial charge in [0.15, 0.2) is 0 Å². The van der Waals surface area contributed by atoms with Gasteiger partial charge in [-0.1, -0.05) is 39.8 Å². The van der Waals surface area contributed by atoms with Gasteiger partial charge in [0.25, 0.3) is 0 Å². The van der Waals surface area contributed by atoms with Crippen LogP contribution in [0.4, 0.5) is 0 Å².